The van der Waals surface area contributed by atoms with Crippen LogP contribution in [0.15, 0.2) is 30.6 Å². The number of rotatable bonds is 3. The molecule has 1 atom stereocenters. The van der Waals surface area contributed by atoms with E-state index in [0.29, 0.717) is 17.8 Å². The van der Waals surface area contributed by atoms with E-state index < -0.39 is 17.9 Å². The fourth-order valence-corrected chi connectivity index (χ4v) is 4.97. The highest BCUT2D eigenvalue weighted by Gasteiger charge is 2.47. The summed E-state index contributed by atoms with van der Waals surface area (Å²) in [7, 11) is 0. The third-order valence-electron chi connectivity index (χ3n) is 6.57. The second kappa shape index (κ2) is 8.27. The Kier molecular flexibility index (Phi) is 5.55. The van der Waals surface area contributed by atoms with Gasteiger partial charge in [0.2, 0.25) is 0 Å². The van der Waals surface area contributed by atoms with Crippen LogP contribution in [0.3, 0.4) is 0 Å². The summed E-state index contributed by atoms with van der Waals surface area (Å²) < 4.78 is 47.3. The van der Waals surface area contributed by atoms with Gasteiger partial charge in [0, 0.05) is 38.3 Å². The van der Waals surface area contributed by atoms with E-state index in [1.54, 1.807) is 30.8 Å². The van der Waals surface area contributed by atoms with Crippen molar-refractivity contribution in [1.82, 2.24) is 19.6 Å². The van der Waals surface area contributed by atoms with Gasteiger partial charge in [0.05, 0.1) is 5.60 Å². The molecular formula is C24H28F3N5O. The Balaban J connectivity index is 1.43. The van der Waals surface area contributed by atoms with Crippen LogP contribution >= 0.6 is 0 Å². The normalized spacial score (nSPS) is 21.1. The highest BCUT2D eigenvalue weighted by atomic mass is 19.4. The van der Waals surface area contributed by atoms with Gasteiger partial charge in [0.1, 0.15) is 0 Å². The molecule has 0 radical (unpaired) electrons. The lowest BCUT2D eigenvalue weighted by Crippen LogP contribution is -2.44. The molecule has 0 N–H and O–H groups in total. The summed E-state index contributed by atoms with van der Waals surface area (Å²) in [4.78, 5) is 11.6. The number of hydrogen-bond donors (Lipinski definition) is 0. The van der Waals surface area contributed by atoms with Crippen LogP contribution < -0.4 is 4.90 Å². The third-order valence-corrected chi connectivity index (χ3v) is 6.57. The van der Waals surface area contributed by atoms with Gasteiger partial charge in [-0.05, 0) is 43.4 Å². The zero-order valence-electron chi connectivity index (χ0n) is 18.9. The molecule has 1 fully saturated rings. The lowest BCUT2D eigenvalue weighted by Gasteiger charge is -2.38. The van der Waals surface area contributed by atoms with Crippen LogP contribution in [0.5, 0.6) is 0 Å². The monoisotopic (exact) mass is 459 g/mol. The topological polar surface area (TPSA) is 55.5 Å². The smallest absolute Gasteiger partial charge is 0.358 e. The molecule has 1 unspecified atom stereocenters. The van der Waals surface area contributed by atoms with Crippen LogP contribution in [0.1, 0.15) is 62.0 Å². The van der Waals surface area contributed by atoms with E-state index in [1.165, 1.54) is 12.8 Å². The standard InChI is InChI=1S/C24H28F3N5O/c1-23(2)18-8-7-16(13-17(18)15-19(33-23)24(25,26)27)14-20-29-22-21(28-9-12-32(22)30-20)31-10-5-3-4-6-11-31/h7-9,12-13,19H,3-6,10-11,14-15H2,1-2H3. The first-order valence-electron chi connectivity index (χ1n) is 11.5. The lowest BCUT2D eigenvalue weighted by atomic mass is 9.85. The van der Waals surface area contributed by atoms with E-state index in [9.17, 15) is 13.2 Å². The van der Waals surface area contributed by atoms with E-state index in [-0.39, 0.29) is 6.42 Å². The summed E-state index contributed by atoms with van der Waals surface area (Å²) in [5.74, 6) is 1.47. The SMILES string of the molecule is CC1(C)OC(C(F)(F)F)Cc2cc(Cc3nc4c(N5CCCCCC5)nccn4n3)ccc21. The number of aromatic nitrogens is 4. The Labute approximate surface area is 190 Å². The average molecular weight is 460 g/mol. The Morgan fingerprint density at radius 2 is 1.88 bits per heavy atom. The molecule has 4 heterocycles. The summed E-state index contributed by atoms with van der Waals surface area (Å²) in [6.45, 7) is 5.28. The van der Waals surface area contributed by atoms with Crippen molar-refractivity contribution in [3.05, 3.63) is 53.1 Å². The molecular weight excluding hydrogens is 431 g/mol. The minimum Gasteiger partial charge on any atom is -0.358 e. The molecule has 0 spiro atoms. The first-order valence-corrected chi connectivity index (χ1v) is 11.5. The van der Waals surface area contributed by atoms with Crippen molar-refractivity contribution >= 4 is 11.5 Å². The Hall–Kier alpha value is -2.68. The van der Waals surface area contributed by atoms with Gasteiger partial charge in [-0.3, -0.25) is 0 Å². The van der Waals surface area contributed by atoms with Crippen LogP contribution in [-0.2, 0) is 23.2 Å². The molecule has 5 rings (SSSR count). The molecule has 6 nitrogen and oxygen atoms in total. The molecule has 0 amide bonds. The maximum Gasteiger partial charge on any atom is 0.414 e. The van der Waals surface area contributed by atoms with E-state index >= 15 is 0 Å². The number of alkyl halides is 3. The largest absolute Gasteiger partial charge is 0.414 e. The molecule has 0 aliphatic carbocycles. The maximum atomic E-state index is 13.4. The summed E-state index contributed by atoms with van der Waals surface area (Å²) in [5, 5.41) is 4.62. The van der Waals surface area contributed by atoms with Gasteiger partial charge in [-0.15, -0.1) is 0 Å². The van der Waals surface area contributed by atoms with Gasteiger partial charge in [-0.25, -0.2) is 14.5 Å². The Morgan fingerprint density at radius 1 is 1.12 bits per heavy atom. The average Bonchev–Trinajstić information content (AvgIpc) is 2.97. The Morgan fingerprint density at radius 3 is 2.61 bits per heavy atom. The van der Waals surface area contributed by atoms with Crippen molar-refractivity contribution in [2.24, 2.45) is 0 Å². The van der Waals surface area contributed by atoms with Gasteiger partial charge in [-0.2, -0.15) is 18.3 Å². The maximum absolute atomic E-state index is 13.4. The lowest BCUT2D eigenvalue weighted by molar-refractivity contribution is -0.255. The summed E-state index contributed by atoms with van der Waals surface area (Å²) in [5.41, 5.74) is 2.07. The fourth-order valence-electron chi connectivity index (χ4n) is 4.97. The number of benzene rings is 1. The van der Waals surface area contributed by atoms with E-state index in [4.69, 9.17) is 9.72 Å². The van der Waals surface area contributed by atoms with Crippen LogP contribution in [0.2, 0.25) is 0 Å². The number of hydrogen-bond acceptors (Lipinski definition) is 5. The van der Waals surface area contributed by atoms with Crippen LogP contribution in [0, 0.1) is 0 Å². The van der Waals surface area contributed by atoms with Crippen molar-refractivity contribution in [3.8, 4) is 0 Å². The molecule has 33 heavy (non-hydrogen) atoms. The van der Waals surface area contributed by atoms with Crippen LogP contribution in [0.25, 0.3) is 5.65 Å². The van der Waals surface area contributed by atoms with Gasteiger partial charge >= 0.3 is 6.18 Å². The second-order valence-corrected chi connectivity index (χ2v) is 9.48. The van der Waals surface area contributed by atoms with Crippen molar-refractivity contribution in [2.45, 2.75) is 70.3 Å². The molecule has 1 aromatic carbocycles. The van der Waals surface area contributed by atoms with Gasteiger partial charge in [0.25, 0.3) is 0 Å². The molecule has 1 saturated heterocycles. The van der Waals surface area contributed by atoms with Crippen molar-refractivity contribution in [2.75, 3.05) is 18.0 Å². The molecule has 2 aromatic heterocycles. The summed E-state index contributed by atoms with van der Waals surface area (Å²) in [6, 6.07) is 5.65. The molecule has 0 saturated carbocycles. The predicted molar refractivity (Wildman–Crippen MR) is 118 cm³/mol. The predicted octanol–water partition coefficient (Wildman–Crippen LogP) is 4.83. The number of anilines is 1. The minimum atomic E-state index is -4.40. The van der Waals surface area contributed by atoms with E-state index in [0.717, 1.165) is 48.5 Å². The third kappa shape index (κ3) is 4.43. The van der Waals surface area contributed by atoms with Crippen molar-refractivity contribution in [1.29, 1.82) is 0 Å². The van der Waals surface area contributed by atoms with Crippen molar-refractivity contribution < 1.29 is 17.9 Å². The van der Waals surface area contributed by atoms with Gasteiger partial charge < -0.3 is 9.64 Å². The number of nitrogens with zero attached hydrogens (tertiary/aromatic N) is 5. The quantitative estimate of drug-likeness (QED) is 0.561. The van der Waals surface area contributed by atoms with Crippen molar-refractivity contribution in [3.63, 3.8) is 0 Å². The zero-order valence-corrected chi connectivity index (χ0v) is 18.9. The first kappa shape index (κ1) is 22.1. The van der Waals surface area contributed by atoms with E-state index in [1.807, 2.05) is 18.2 Å². The highest BCUT2D eigenvalue weighted by Crippen LogP contribution is 2.40. The molecule has 176 valence electrons. The molecule has 3 aromatic rings. The number of fused-ring (bicyclic) bond motifs is 2. The summed E-state index contributed by atoms with van der Waals surface area (Å²) in [6.07, 6.45) is 2.31. The molecule has 0 bridgehead atoms. The first-order chi connectivity index (χ1) is 15.7. The van der Waals surface area contributed by atoms with E-state index in [2.05, 4.69) is 15.0 Å². The Bertz CT molecular complexity index is 1150. The fraction of sp³-hybridized carbons (Fsp3) is 0.542. The number of halogens is 3. The minimum absolute atomic E-state index is 0.183. The highest BCUT2D eigenvalue weighted by molar-refractivity contribution is 5.63. The second-order valence-electron chi connectivity index (χ2n) is 9.48. The van der Waals surface area contributed by atoms with Gasteiger partial charge in [-0.1, -0.05) is 31.0 Å². The number of ether oxygens (including phenoxy) is 1. The molecule has 9 heteroatoms. The summed E-state index contributed by atoms with van der Waals surface area (Å²) >= 11 is 0. The van der Waals surface area contributed by atoms with Crippen LogP contribution in [0.4, 0.5) is 19.0 Å². The molecule has 2 aliphatic rings. The zero-order chi connectivity index (χ0) is 23.2. The molecule has 2 aliphatic heterocycles. The van der Waals surface area contributed by atoms with Gasteiger partial charge in [0.15, 0.2) is 23.4 Å². The van der Waals surface area contributed by atoms with Crippen LogP contribution in [-0.4, -0.2) is 45.0 Å².